The zero-order valence-corrected chi connectivity index (χ0v) is 24.4. The van der Waals surface area contributed by atoms with Crippen LogP contribution in [0.15, 0.2) is 47.6 Å². The first kappa shape index (κ1) is 36.9. The molecule has 38 heavy (non-hydrogen) atoms. The molecule has 0 saturated carbocycles. The van der Waals surface area contributed by atoms with E-state index in [2.05, 4.69) is 30.5 Å². The van der Waals surface area contributed by atoms with Crippen molar-refractivity contribution in [2.24, 2.45) is 7.05 Å². The third-order valence-electron chi connectivity index (χ3n) is 5.01. The Hall–Kier alpha value is -3.24. The molecule has 0 aromatic carbocycles. The summed E-state index contributed by atoms with van der Waals surface area (Å²) in [6.07, 6.45) is 11.0. The van der Waals surface area contributed by atoms with E-state index in [9.17, 15) is 9.59 Å². The Kier molecular flexibility index (Phi) is 22.3. The second kappa shape index (κ2) is 22.9. The Morgan fingerprint density at radius 1 is 1.21 bits per heavy atom. The number of rotatable bonds is 13. The predicted octanol–water partition coefficient (Wildman–Crippen LogP) is 4.79. The molecule has 2 aromatic heterocycles. The second-order valence-electron chi connectivity index (χ2n) is 7.57. The van der Waals surface area contributed by atoms with Crippen molar-refractivity contribution in [3.8, 4) is 0 Å². The summed E-state index contributed by atoms with van der Waals surface area (Å²) in [5, 5.41) is 20.2. The maximum Gasteiger partial charge on any atom is 0.333 e. The normalized spacial score (nSPS) is 11.4. The highest BCUT2D eigenvalue weighted by atomic mass is 16.5. The number of unbranched alkanes of at least 4 members (excludes halogenated alkanes) is 1. The highest BCUT2D eigenvalue weighted by Gasteiger charge is 2.17. The fourth-order valence-corrected chi connectivity index (χ4v) is 2.97. The molecule has 216 valence electrons. The molecule has 0 amide bonds. The fraction of sp³-hybridized carbons (Fsp3) is 0.571. The van der Waals surface area contributed by atoms with Crippen LogP contribution in [0.5, 0.6) is 0 Å². The summed E-state index contributed by atoms with van der Waals surface area (Å²) in [6.45, 7) is 16.6. The van der Waals surface area contributed by atoms with E-state index in [4.69, 9.17) is 19.7 Å². The standard InChI is InChI=1S/C21H28N4O5.C4H10.C2H6.CH4O/c1-5-16(13-18(21(27)28)30-6-2)9-7-8-11-29-12-10-25-15(3)23-17-14-22-24(4)19(17)20(25)26;1-3-4-2;2*1-2/h5,8-9,11,14,18H,1,6-7,10,12-13H2,2-4H3,(H,27,28);3-4H2,1-2H3;1-2H3;2H,1H3/b11-8?,16-9+;;;. The molecule has 0 radical (unpaired) electrons. The lowest BCUT2D eigenvalue weighted by atomic mass is 10.1. The number of aliphatic carboxylic acids is 1. The summed E-state index contributed by atoms with van der Waals surface area (Å²) in [4.78, 5) is 28.2. The number of aromatic nitrogens is 4. The van der Waals surface area contributed by atoms with Crippen LogP contribution in [0.1, 0.15) is 66.1 Å². The number of aliphatic hydroxyl groups is 1. The topological polar surface area (TPSA) is 129 Å². The molecule has 0 aliphatic carbocycles. The average molecular weight is 537 g/mol. The van der Waals surface area contributed by atoms with Gasteiger partial charge in [0.05, 0.1) is 19.0 Å². The van der Waals surface area contributed by atoms with Gasteiger partial charge < -0.3 is 19.7 Å². The molecular weight excluding hydrogens is 488 g/mol. The Morgan fingerprint density at radius 3 is 2.37 bits per heavy atom. The van der Waals surface area contributed by atoms with Crippen LogP contribution in [0, 0.1) is 6.92 Å². The maximum atomic E-state index is 12.6. The average Bonchev–Trinajstić information content (AvgIpc) is 3.30. The molecule has 0 spiro atoms. The molecule has 0 aliphatic rings. The molecule has 1 unspecified atom stereocenters. The molecule has 10 heteroatoms. The van der Waals surface area contributed by atoms with E-state index >= 15 is 0 Å². The number of carbonyl (C=O) groups is 1. The largest absolute Gasteiger partial charge is 0.500 e. The summed E-state index contributed by atoms with van der Waals surface area (Å²) in [6, 6.07) is 0. The van der Waals surface area contributed by atoms with E-state index in [0.29, 0.717) is 43.0 Å². The van der Waals surface area contributed by atoms with E-state index in [0.717, 1.165) is 12.7 Å². The Labute approximate surface area is 227 Å². The van der Waals surface area contributed by atoms with E-state index < -0.39 is 12.1 Å². The highest BCUT2D eigenvalue weighted by Crippen LogP contribution is 2.12. The Morgan fingerprint density at radius 2 is 1.84 bits per heavy atom. The van der Waals surface area contributed by atoms with Gasteiger partial charge >= 0.3 is 5.97 Å². The van der Waals surface area contributed by atoms with Gasteiger partial charge in [-0.1, -0.05) is 59.3 Å². The molecule has 2 aromatic rings. The minimum Gasteiger partial charge on any atom is -0.500 e. The Balaban J connectivity index is 0. The van der Waals surface area contributed by atoms with Crippen LogP contribution < -0.4 is 5.56 Å². The van der Waals surface area contributed by atoms with Gasteiger partial charge in [-0.25, -0.2) is 9.78 Å². The number of allylic oxidation sites excluding steroid dienone is 3. The molecule has 2 rings (SSSR count). The van der Waals surface area contributed by atoms with Gasteiger partial charge in [-0.2, -0.15) is 5.10 Å². The summed E-state index contributed by atoms with van der Waals surface area (Å²) in [7, 11) is 2.71. The molecule has 0 bridgehead atoms. The molecule has 0 fully saturated rings. The summed E-state index contributed by atoms with van der Waals surface area (Å²) >= 11 is 0. The number of ether oxygens (including phenoxy) is 2. The summed E-state index contributed by atoms with van der Waals surface area (Å²) in [5.41, 5.74) is 1.69. The number of carboxylic acid groups (broad SMARTS) is 1. The molecule has 0 saturated heterocycles. The van der Waals surface area contributed by atoms with Crippen molar-refractivity contribution >= 4 is 17.0 Å². The number of aryl methyl sites for hydroxylation is 2. The van der Waals surface area contributed by atoms with Crippen molar-refractivity contribution in [1.29, 1.82) is 0 Å². The molecule has 0 aliphatic heterocycles. The number of fused-ring (bicyclic) bond motifs is 1. The lowest BCUT2D eigenvalue weighted by molar-refractivity contribution is -0.149. The van der Waals surface area contributed by atoms with Gasteiger partial charge in [-0.05, 0) is 31.9 Å². The zero-order valence-electron chi connectivity index (χ0n) is 24.4. The van der Waals surface area contributed by atoms with Gasteiger partial charge in [-0.3, -0.25) is 14.0 Å². The minimum atomic E-state index is -0.993. The Bertz CT molecular complexity index is 1040. The van der Waals surface area contributed by atoms with Crippen LogP contribution in [0.2, 0.25) is 0 Å². The highest BCUT2D eigenvalue weighted by molar-refractivity contribution is 5.73. The van der Waals surface area contributed by atoms with Crippen molar-refractivity contribution in [2.45, 2.75) is 79.9 Å². The summed E-state index contributed by atoms with van der Waals surface area (Å²) in [5.74, 6) is -0.387. The van der Waals surface area contributed by atoms with Crippen LogP contribution >= 0.6 is 0 Å². The lowest BCUT2D eigenvalue weighted by Crippen LogP contribution is -2.26. The first-order valence-corrected chi connectivity index (χ1v) is 13.1. The quantitative estimate of drug-likeness (QED) is 0.212. The number of hydrogen-bond acceptors (Lipinski definition) is 7. The molecule has 10 nitrogen and oxygen atoms in total. The van der Waals surface area contributed by atoms with E-state index in [1.807, 2.05) is 19.9 Å². The van der Waals surface area contributed by atoms with Crippen LogP contribution in [-0.2, 0) is 27.9 Å². The van der Waals surface area contributed by atoms with Crippen LogP contribution in [0.4, 0.5) is 0 Å². The third-order valence-corrected chi connectivity index (χ3v) is 5.01. The van der Waals surface area contributed by atoms with Gasteiger partial charge in [0.15, 0.2) is 11.6 Å². The van der Waals surface area contributed by atoms with Gasteiger partial charge in [0.1, 0.15) is 17.9 Å². The molecule has 2 N–H and O–H groups in total. The lowest BCUT2D eigenvalue weighted by Gasteiger charge is -2.12. The molecule has 1 atom stereocenters. The van der Waals surface area contributed by atoms with Crippen molar-refractivity contribution in [1.82, 2.24) is 19.3 Å². The van der Waals surface area contributed by atoms with E-state index in [1.165, 1.54) is 17.5 Å². The smallest absolute Gasteiger partial charge is 0.333 e. The SMILES string of the molecule is C=C/C(=C\CC=COCCn1c(C)nc2cnn(C)c2c1=O)CC(OCC)C(=O)O.CC.CCCC.CO. The molecule has 2 heterocycles. The van der Waals surface area contributed by atoms with Crippen molar-refractivity contribution in [3.05, 3.63) is 59.0 Å². The number of nitrogens with zero attached hydrogens (tertiary/aromatic N) is 4. The van der Waals surface area contributed by atoms with Gasteiger partial charge in [0, 0.05) is 27.2 Å². The van der Waals surface area contributed by atoms with Crippen molar-refractivity contribution in [2.75, 3.05) is 20.3 Å². The van der Waals surface area contributed by atoms with Crippen LogP contribution in [-0.4, -0.2) is 61.9 Å². The van der Waals surface area contributed by atoms with Gasteiger partial charge in [-0.15, -0.1) is 0 Å². The van der Waals surface area contributed by atoms with Crippen LogP contribution in [0.25, 0.3) is 11.0 Å². The number of hydrogen-bond donors (Lipinski definition) is 2. The second-order valence-corrected chi connectivity index (χ2v) is 7.57. The minimum absolute atomic E-state index is 0.147. The maximum absolute atomic E-state index is 12.6. The third kappa shape index (κ3) is 13.3. The molecular formula is C28H48N4O6. The predicted molar refractivity (Wildman–Crippen MR) is 153 cm³/mol. The van der Waals surface area contributed by atoms with Gasteiger partial charge in [0.25, 0.3) is 5.56 Å². The van der Waals surface area contributed by atoms with Gasteiger partial charge in [0.2, 0.25) is 0 Å². The van der Waals surface area contributed by atoms with E-state index in [1.54, 1.807) is 50.1 Å². The summed E-state index contributed by atoms with van der Waals surface area (Å²) < 4.78 is 13.8. The number of aliphatic hydroxyl groups excluding tert-OH is 1. The van der Waals surface area contributed by atoms with Crippen molar-refractivity contribution < 1.29 is 24.5 Å². The first-order chi connectivity index (χ1) is 18.3. The first-order valence-electron chi connectivity index (χ1n) is 13.1. The zero-order chi connectivity index (χ0) is 29.5. The van der Waals surface area contributed by atoms with E-state index in [-0.39, 0.29) is 12.0 Å². The van der Waals surface area contributed by atoms with Crippen LogP contribution in [0.3, 0.4) is 0 Å². The monoisotopic (exact) mass is 536 g/mol. The number of carboxylic acids is 1. The van der Waals surface area contributed by atoms with Crippen molar-refractivity contribution in [3.63, 3.8) is 0 Å². The fourth-order valence-electron chi connectivity index (χ4n) is 2.97.